The molecule has 1 heterocycles. The van der Waals surface area contributed by atoms with Crippen LogP contribution in [0.1, 0.15) is 25.8 Å². The van der Waals surface area contributed by atoms with Gasteiger partial charge >= 0.3 is 0 Å². The molecule has 1 aromatic rings. The van der Waals surface area contributed by atoms with E-state index in [9.17, 15) is 12.8 Å². The highest BCUT2D eigenvalue weighted by molar-refractivity contribution is 7.89. The molecule has 1 unspecified atom stereocenters. The molecular weight excluding hydrogens is 279 g/mol. The van der Waals surface area contributed by atoms with Crippen LogP contribution in [0.2, 0.25) is 0 Å². The molecule has 0 spiro atoms. The molecule has 0 bridgehead atoms. The summed E-state index contributed by atoms with van der Waals surface area (Å²) in [6, 6.07) is 5.35. The van der Waals surface area contributed by atoms with Crippen LogP contribution in [-0.2, 0) is 10.0 Å². The van der Waals surface area contributed by atoms with Crippen LogP contribution in [0, 0.1) is 29.0 Å². The largest absolute Gasteiger partial charge is 0.244 e. The first kappa shape index (κ1) is 14.9. The van der Waals surface area contributed by atoms with Gasteiger partial charge in [0.2, 0.25) is 10.0 Å². The second-order valence-electron chi connectivity index (χ2n) is 5.38. The number of halogens is 1. The van der Waals surface area contributed by atoms with E-state index in [1.807, 2.05) is 0 Å². The number of hydrogen-bond donors (Lipinski definition) is 0. The molecule has 0 aromatic heterocycles. The Bertz CT molecular complexity index is 650. The molecule has 0 N–H and O–H groups in total. The number of hydrogen-bond acceptors (Lipinski definition) is 3. The Labute approximate surface area is 118 Å². The SMILES string of the molecule is CC(C)C1CCN(S(=O)(=O)c2cccc(F)c2C#N)C1. The summed E-state index contributed by atoms with van der Waals surface area (Å²) < 4.78 is 40.0. The molecule has 1 aromatic carbocycles. The molecule has 20 heavy (non-hydrogen) atoms. The number of nitriles is 1. The maximum Gasteiger partial charge on any atom is 0.244 e. The molecule has 1 aliphatic rings. The number of nitrogens with zero attached hydrogens (tertiary/aromatic N) is 2. The van der Waals surface area contributed by atoms with Crippen LogP contribution in [0.5, 0.6) is 0 Å². The number of sulfonamides is 1. The monoisotopic (exact) mass is 296 g/mol. The molecule has 0 aliphatic carbocycles. The van der Waals surface area contributed by atoms with Gasteiger partial charge in [-0.1, -0.05) is 19.9 Å². The molecule has 1 aliphatic heterocycles. The van der Waals surface area contributed by atoms with Crippen LogP contribution in [0.25, 0.3) is 0 Å². The van der Waals surface area contributed by atoms with E-state index in [0.717, 1.165) is 12.5 Å². The van der Waals surface area contributed by atoms with Crippen LogP contribution in [0.3, 0.4) is 0 Å². The summed E-state index contributed by atoms with van der Waals surface area (Å²) in [5.74, 6) is -0.0878. The molecule has 0 saturated carbocycles. The van der Waals surface area contributed by atoms with E-state index in [1.54, 1.807) is 6.07 Å². The van der Waals surface area contributed by atoms with Crippen molar-refractivity contribution in [3.8, 4) is 6.07 Å². The molecule has 1 fully saturated rings. The highest BCUT2D eigenvalue weighted by Gasteiger charge is 2.35. The van der Waals surface area contributed by atoms with Gasteiger partial charge in [0.15, 0.2) is 0 Å². The Morgan fingerprint density at radius 1 is 1.45 bits per heavy atom. The van der Waals surface area contributed by atoms with Crippen molar-refractivity contribution in [3.63, 3.8) is 0 Å². The van der Waals surface area contributed by atoms with Crippen LogP contribution >= 0.6 is 0 Å². The fourth-order valence-electron chi connectivity index (χ4n) is 2.48. The van der Waals surface area contributed by atoms with E-state index in [2.05, 4.69) is 13.8 Å². The molecule has 0 radical (unpaired) electrons. The summed E-state index contributed by atoms with van der Waals surface area (Å²) >= 11 is 0. The third kappa shape index (κ3) is 2.56. The second kappa shape index (κ2) is 5.51. The van der Waals surface area contributed by atoms with Gasteiger partial charge in [0.1, 0.15) is 22.3 Å². The van der Waals surface area contributed by atoms with Gasteiger partial charge in [-0.2, -0.15) is 9.57 Å². The number of benzene rings is 1. The average Bonchev–Trinajstić information content (AvgIpc) is 2.88. The molecular formula is C14H17FN2O2S. The lowest BCUT2D eigenvalue weighted by atomic mass is 9.96. The van der Waals surface area contributed by atoms with Crippen LogP contribution in [0.4, 0.5) is 4.39 Å². The van der Waals surface area contributed by atoms with Crippen molar-refractivity contribution in [2.24, 2.45) is 11.8 Å². The zero-order valence-electron chi connectivity index (χ0n) is 11.5. The molecule has 1 saturated heterocycles. The van der Waals surface area contributed by atoms with Crippen molar-refractivity contribution in [1.29, 1.82) is 5.26 Å². The fraction of sp³-hybridized carbons (Fsp3) is 0.500. The summed E-state index contributed by atoms with van der Waals surface area (Å²) in [5, 5.41) is 8.97. The van der Waals surface area contributed by atoms with Crippen molar-refractivity contribution >= 4 is 10.0 Å². The summed E-state index contributed by atoms with van der Waals surface area (Å²) in [6.07, 6.45) is 0.800. The highest BCUT2D eigenvalue weighted by Crippen LogP contribution is 2.30. The standard InChI is InChI=1S/C14H17FN2O2S/c1-10(2)11-6-7-17(9-11)20(18,19)14-5-3-4-13(15)12(14)8-16/h3-5,10-11H,6-7,9H2,1-2H3. The first-order valence-electron chi connectivity index (χ1n) is 6.56. The minimum atomic E-state index is -3.80. The highest BCUT2D eigenvalue weighted by atomic mass is 32.2. The van der Waals surface area contributed by atoms with Crippen molar-refractivity contribution in [3.05, 3.63) is 29.6 Å². The first-order chi connectivity index (χ1) is 9.37. The van der Waals surface area contributed by atoms with E-state index in [1.165, 1.54) is 16.4 Å². The molecule has 108 valence electrons. The zero-order valence-corrected chi connectivity index (χ0v) is 12.3. The fourth-order valence-corrected chi connectivity index (χ4v) is 4.15. The summed E-state index contributed by atoms with van der Waals surface area (Å²) in [6.45, 7) is 4.97. The maximum absolute atomic E-state index is 13.6. The van der Waals surface area contributed by atoms with Gasteiger partial charge in [-0.25, -0.2) is 12.8 Å². The zero-order chi connectivity index (χ0) is 14.9. The first-order valence-corrected chi connectivity index (χ1v) is 8.00. The third-order valence-electron chi connectivity index (χ3n) is 3.84. The summed E-state index contributed by atoms with van der Waals surface area (Å²) in [7, 11) is -3.80. The van der Waals surface area contributed by atoms with E-state index in [-0.39, 0.29) is 4.90 Å². The molecule has 2 rings (SSSR count). The van der Waals surface area contributed by atoms with Gasteiger partial charge in [0.25, 0.3) is 0 Å². The number of rotatable bonds is 3. The van der Waals surface area contributed by atoms with Crippen molar-refractivity contribution in [2.75, 3.05) is 13.1 Å². The second-order valence-corrected chi connectivity index (χ2v) is 7.29. The molecule has 1 atom stereocenters. The Kier molecular flexibility index (Phi) is 4.11. The van der Waals surface area contributed by atoms with Gasteiger partial charge in [0.05, 0.1) is 0 Å². The van der Waals surface area contributed by atoms with E-state index in [0.29, 0.717) is 24.9 Å². The van der Waals surface area contributed by atoms with Crippen LogP contribution < -0.4 is 0 Å². The van der Waals surface area contributed by atoms with E-state index < -0.39 is 21.4 Å². The predicted octanol–water partition coefficient (Wildman–Crippen LogP) is 2.36. The Balaban J connectivity index is 2.38. The lowest BCUT2D eigenvalue weighted by Crippen LogP contribution is -2.30. The smallest absolute Gasteiger partial charge is 0.207 e. The minimum Gasteiger partial charge on any atom is -0.207 e. The van der Waals surface area contributed by atoms with Crippen LogP contribution in [0.15, 0.2) is 23.1 Å². The van der Waals surface area contributed by atoms with Gasteiger partial charge in [-0.3, -0.25) is 0 Å². The Morgan fingerprint density at radius 2 is 2.15 bits per heavy atom. The van der Waals surface area contributed by atoms with Crippen molar-refractivity contribution in [1.82, 2.24) is 4.31 Å². The summed E-state index contributed by atoms with van der Waals surface area (Å²) in [5.41, 5.74) is -0.402. The summed E-state index contributed by atoms with van der Waals surface area (Å²) in [4.78, 5) is -0.232. The van der Waals surface area contributed by atoms with Gasteiger partial charge in [0, 0.05) is 13.1 Å². The third-order valence-corrected chi connectivity index (χ3v) is 5.74. The normalized spacial score (nSPS) is 20.2. The van der Waals surface area contributed by atoms with Gasteiger partial charge in [-0.05, 0) is 30.4 Å². The molecule has 0 amide bonds. The Morgan fingerprint density at radius 3 is 2.70 bits per heavy atom. The van der Waals surface area contributed by atoms with E-state index in [4.69, 9.17) is 5.26 Å². The lowest BCUT2D eigenvalue weighted by Gasteiger charge is -2.18. The van der Waals surface area contributed by atoms with Crippen molar-refractivity contribution in [2.45, 2.75) is 25.2 Å². The van der Waals surface area contributed by atoms with Crippen molar-refractivity contribution < 1.29 is 12.8 Å². The topological polar surface area (TPSA) is 61.2 Å². The Hall–Kier alpha value is -1.45. The minimum absolute atomic E-state index is 0.232. The predicted molar refractivity (Wildman–Crippen MR) is 72.8 cm³/mol. The van der Waals surface area contributed by atoms with Crippen LogP contribution in [-0.4, -0.2) is 25.8 Å². The van der Waals surface area contributed by atoms with Gasteiger partial charge in [-0.15, -0.1) is 0 Å². The molecule has 4 nitrogen and oxygen atoms in total. The maximum atomic E-state index is 13.6. The van der Waals surface area contributed by atoms with Gasteiger partial charge < -0.3 is 0 Å². The lowest BCUT2D eigenvalue weighted by molar-refractivity contribution is 0.388. The van der Waals surface area contributed by atoms with E-state index >= 15 is 0 Å². The average molecular weight is 296 g/mol. The molecule has 6 heteroatoms. The quantitative estimate of drug-likeness (QED) is 0.860.